The summed E-state index contributed by atoms with van der Waals surface area (Å²) in [6.07, 6.45) is 8.23. The van der Waals surface area contributed by atoms with Crippen molar-refractivity contribution >= 4 is 21.1 Å². The van der Waals surface area contributed by atoms with Crippen molar-refractivity contribution in [1.29, 1.82) is 0 Å². The smallest absolute Gasteiger partial charge is 0.183 e. The highest BCUT2D eigenvalue weighted by molar-refractivity contribution is 7.97. The predicted molar refractivity (Wildman–Crippen MR) is 75.1 cm³/mol. The van der Waals surface area contributed by atoms with Gasteiger partial charge in [-0.15, -0.1) is 10.5 Å². The van der Waals surface area contributed by atoms with Crippen LogP contribution in [-0.2, 0) is 10.5 Å². The van der Waals surface area contributed by atoms with Crippen LogP contribution in [0, 0.1) is 5.92 Å². The molecule has 0 spiro atoms. The largest absolute Gasteiger partial charge is 0.293 e. The van der Waals surface area contributed by atoms with Crippen molar-refractivity contribution in [3.63, 3.8) is 0 Å². The number of ketones is 1. The van der Waals surface area contributed by atoms with Gasteiger partial charge in [0.15, 0.2) is 5.78 Å². The Morgan fingerprint density at radius 1 is 1.24 bits per heavy atom. The Bertz CT molecular complexity index is 578. The van der Waals surface area contributed by atoms with E-state index in [0.29, 0.717) is 0 Å². The fourth-order valence-electron chi connectivity index (χ4n) is 2.59. The lowest BCUT2D eigenvalue weighted by Gasteiger charge is -2.22. The average molecular weight is 243 g/mol. The van der Waals surface area contributed by atoms with Crippen molar-refractivity contribution in [3.05, 3.63) is 54.1 Å². The number of hydrogen-bond donors (Lipinski definition) is 0. The van der Waals surface area contributed by atoms with E-state index in [-0.39, 0.29) is 22.2 Å². The van der Waals surface area contributed by atoms with Crippen molar-refractivity contribution < 1.29 is 4.79 Å². The Balaban J connectivity index is 2.30. The van der Waals surface area contributed by atoms with E-state index in [4.69, 9.17) is 0 Å². The normalized spacial score (nSPS) is 25.7. The standard InChI is InChI=1S/C15H14OS/c1-2-17-13-9-5-3-7-11(13)15(16)12-8-4-6-10-14(12)17/h3-11H,2H2,1H3/p+1. The summed E-state index contributed by atoms with van der Waals surface area (Å²) in [6, 6.07) is 8.11. The van der Waals surface area contributed by atoms with Gasteiger partial charge in [0, 0.05) is 0 Å². The maximum Gasteiger partial charge on any atom is 0.183 e. The molecule has 0 amide bonds. The fraction of sp³-hybridized carbons (Fsp3) is 0.200. The zero-order valence-corrected chi connectivity index (χ0v) is 10.7. The summed E-state index contributed by atoms with van der Waals surface area (Å²) in [5, 5.41) is 0. The van der Waals surface area contributed by atoms with Crippen LogP contribution >= 0.6 is 0 Å². The number of Topliss-reactive ketones (excluding diaryl/α,β-unsaturated/α-hetero) is 1. The van der Waals surface area contributed by atoms with E-state index in [9.17, 15) is 4.79 Å². The summed E-state index contributed by atoms with van der Waals surface area (Å²) in [5.41, 5.74) is 0.939. The summed E-state index contributed by atoms with van der Waals surface area (Å²) in [5.74, 6) is 1.38. The van der Waals surface area contributed by atoms with Gasteiger partial charge in [0.25, 0.3) is 0 Å². The minimum atomic E-state index is -0.312. The first kappa shape index (κ1) is 10.7. The molecule has 0 saturated carbocycles. The fourth-order valence-corrected chi connectivity index (χ4v) is 5.12. The Hall–Kier alpha value is -1.41. The minimum absolute atomic E-state index is 0.000890. The lowest BCUT2D eigenvalue weighted by Crippen LogP contribution is -2.32. The van der Waals surface area contributed by atoms with Crippen LogP contribution in [0.3, 0.4) is 0 Å². The number of hydrogen-bond acceptors (Lipinski definition) is 1. The molecule has 0 aromatic heterocycles. The topological polar surface area (TPSA) is 17.1 Å². The summed E-state index contributed by atoms with van der Waals surface area (Å²) < 4.78 is 0. The molecule has 1 aliphatic heterocycles. The van der Waals surface area contributed by atoms with Gasteiger partial charge in [-0.25, -0.2) is 0 Å². The molecule has 2 aliphatic rings. The minimum Gasteiger partial charge on any atom is -0.293 e. The molecule has 2 unspecified atom stereocenters. The third-order valence-electron chi connectivity index (χ3n) is 3.37. The van der Waals surface area contributed by atoms with Gasteiger partial charge in [-0.3, -0.25) is 4.79 Å². The van der Waals surface area contributed by atoms with E-state index < -0.39 is 0 Å². The molecule has 0 N–H and O–H groups in total. The molecular weight excluding hydrogens is 228 g/mol. The third-order valence-corrected chi connectivity index (χ3v) is 6.03. The van der Waals surface area contributed by atoms with E-state index in [0.717, 1.165) is 11.3 Å². The van der Waals surface area contributed by atoms with E-state index in [1.807, 2.05) is 30.4 Å². The first-order chi connectivity index (χ1) is 8.33. The first-order valence-corrected chi connectivity index (χ1v) is 7.48. The number of allylic oxidation sites excluding steroid dienone is 4. The summed E-state index contributed by atoms with van der Waals surface area (Å²) >= 11 is 0. The number of fused-ring (bicyclic) bond motifs is 2. The second-order valence-corrected chi connectivity index (χ2v) is 6.76. The molecule has 1 aliphatic carbocycles. The first-order valence-electron chi connectivity index (χ1n) is 5.95. The van der Waals surface area contributed by atoms with Crippen LogP contribution in [0.5, 0.6) is 0 Å². The average Bonchev–Trinajstić information content (AvgIpc) is 2.40. The van der Waals surface area contributed by atoms with Gasteiger partial charge in [0.1, 0.15) is 15.7 Å². The molecule has 1 heterocycles. The molecule has 1 aromatic rings. The maximum absolute atomic E-state index is 12.4. The summed E-state index contributed by atoms with van der Waals surface area (Å²) in [6.45, 7) is 2.22. The third kappa shape index (κ3) is 1.55. The van der Waals surface area contributed by atoms with Crippen LogP contribution in [-0.4, -0.2) is 16.4 Å². The Labute approximate surface area is 104 Å². The number of rotatable bonds is 1. The predicted octanol–water partition coefficient (Wildman–Crippen LogP) is 2.53. The van der Waals surface area contributed by atoms with Crippen molar-refractivity contribution in [2.24, 2.45) is 5.92 Å². The second kappa shape index (κ2) is 4.11. The van der Waals surface area contributed by atoms with Crippen LogP contribution in [0.2, 0.25) is 0 Å². The Morgan fingerprint density at radius 2 is 2.06 bits per heavy atom. The van der Waals surface area contributed by atoms with Crippen molar-refractivity contribution in [2.45, 2.75) is 11.8 Å². The Kier molecular flexibility index (Phi) is 2.60. The van der Waals surface area contributed by atoms with Gasteiger partial charge >= 0.3 is 0 Å². The molecule has 0 radical (unpaired) electrons. The van der Waals surface area contributed by atoms with Crippen molar-refractivity contribution in [3.8, 4) is 0 Å². The Morgan fingerprint density at radius 3 is 2.88 bits per heavy atom. The maximum atomic E-state index is 12.4. The van der Waals surface area contributed by atoms with E-state index in [1.54, 1.807) is 0 Å². The van der Waals surface area contributed by atoms with E-state index in [1.165, 1.54) is 9.76 Å². The SMILES string of the molecule is CC[SH+]1=C2C=CC=CC2C(=O)c2ccccc21. The summed E-state index contributed by atoms with van der Waals surface area (Å²) in [7, 11) is -0.312. The number of thiol groups is 1. The van der Waals surface area contributed by atoms with Crippen LogP contribution in [0.15, 0.2) is 53.5 Å². The van der Waals surface area contributed by atoms with Crippen molar-refractivity contribution in [2.75, 3.05) is 5.75 Å². The van der Waals surface area contributed by atoms with Crippen LogP contribution in [0.4, 0.5) is 0 Å². The van der Waals surface area contributed by atoms with Gasteiger partial charge in [0.05, 0.1) is 11.3 Å². The molecule has 1 nitrogen and oxygen atoms in total. The highest BCUT2D eigenvalue weighted by Crippen LogP contribution is 2.29. The highest BCUT2D eigenvalue weighted by atomic mass is 32.2. The molecule has 86 valence electrons. The van der Waals surface area contributed by atoms with E-state index in [2.05, 4.69) is 25.1 Å². The van der Waals surface area contributed by atoms with Crippen LogP contribution in [0.1, 0.15) is 17.3 Å². The van der Waals surface area contributed by atoms with Crippen molar-refractivity contribution in [1.82, 2.24) is 0 Å². The zero-order valence-electron chi connectivity index (χ0n) is 9.76. The van der Waals surface area contributed by atoms with Crippen LogP contribution in [0.25, 0.3) is 0 Å². The number of carbonyl (C=O) groups excluding carboxylic acids is 1. The lowest BCUT2D eigenvalue weighted by atomic mass is 9.91. The molecule has 2 heteroatoms. The zero-order chi connectivity index (χ0) is 11.8. The lowest BCUT2D eigenvalue weighted by molar-refractivity contribution is 0.0969. The molecule has 0 fully saturated rings. The number of benzene rings is 1. The molecule has 1 aromatic carbocycles. The number of carbonyl (C=O) groups is 1. The monoisotopic (exact) mass is 243 g/mol. The quantitative estimate of drug-likeness (QED) is 0.421. The van der Waals surface area contributed by atoms with Gasteiger partial charge in [-0.1, -0.05) is 30.4 Å². The van der Waals surface area contributed by atoms with E-state index >= 15 is 0 Å². The highest BCUT2D eigenvalue weighted by Gasteiger charge is 2.35. The van der Waals surface area contributed by atoms with Gasteiger partial charge in [0.2, 0.25) is 0 Å². The molecule has 3 rings (SSSR count). The molecule has 0 saturated heterocycles. The second-order valence-electron chi connectivity index (χ2n) is 4.27. The molecule has 2 atom stereocenters. The molecular formula is C15H15OS+. The van der Waals surface area contributed by atoms with Gasteiger partial charge in [-0.2, -0.15) is 0 Å². The molecule has 0 bridgehead atoms. The van der Waals surface area contributed by atoms with Gasteiger partial charge < -0.3 is 0 Å². The van der Waals surface area contributed by atoms with Crippen LogP contribution < -0.4 is 0 Å². The van der Waals surface area contributed by atoms with Gasteiger partial charge in [-0.05, 0) is 25.1 Å². The summed E-state index contributed by atoms with van der Waals surface area (Å²) in [4.78, 5) is 15.0. The molecule has 17 heavy (non-hydrogen) atoms.